The predicted octanol–water partition coefficient (Wildman–Crippen LogP) is 1.19. The largest absolute Gasteiger partial charge is 0.490 e. The summed E-state index contributed by atoms with van der Waals surface area (Å²) in [6, 6.07) is 4.24. The maximum absolute atomic E-state index is 5.93. The number of benzene rings is 1. The molecule has 2 aliphatic rings. The highest BCUT2D eigenvalue weighted by atomic mass is 16.5. The Hall–Kier alpha value is -1.91. The fourth-order valence-electron chi connectivity index (χ4n) is 2.46. The Kier molecular flexibility index (Phi) is 2.74. The van der Waals surface area contributed by atoms with Crippen molar-refractivity contribution < 1.29 is 4.74 Å². The van der Waals surface area contributed by atoms with E-state index in [1.165, 1.54) is 5.56 Å². The quantitative estimate of drug-likeness (QED) is 0.822. The lowest BCUT2D eigenvalue weighted by molar-refractivity contribution is 0.323. The van der Waals surface area contributed by atoms with E-state index in [9.17, 15) is 0 Å². The summed E-state index contributed by atoms with van der Waals surface area (Å²) in [5.41, 5.74) is 9.40. The molecule has 5 nitrogen and oxygen atoms in total. The monoisotopic (exact) mass is 246 g/mol. The van der Waals surface area contributed by atoms with Crippen LogP contribution in [0.15, 0.2) is 17.1 Å². The van der Waals surface area contributed by atoms with Crippen molar-refractivity contribution in [2.45, 2.75) is 13.3 Å². The number of nitrogens with two attached hydrogens (primary N) is 1. The maximum atomic E-state index is 5.93. The van der Waals surface area contributed by atoms with Gasteiger partial charge in [0.25, 0.3) is 0 Å². The van der Waals surface area contributed by atoms with Gasteiger partial charge in [-0.05, 0) is 18.1 Å². The lowest BCUT2D eigenvalue weighted by atomic mass is 10.1. The third kappa shape index (κ3) is 1.75. The second-order valence-corrected chi connectivity index (χ2v) is 4.50. The van der Waals surface area contributed by atoms with E-state index in [2.05, 4.69) is 34.3 Å². The molecule has 0 bridgehead atoms. The summed E-state index contributed by atoms with van der Waals surface area (Å²) in [5.74, 6) is 1.52. The summed E-state index contributed by atoms with van der Waals surface area (Å²) in [6.45, 7) is 5.35. The van der Waals surface area contributed by atoms with Crippen molar-refractivity contribution in [1.82, 2.24) is 0 Å². The Bertz CT molecular complexity index is 498. The van der Waals surface area contributed by atoms with E-state index >= 15 is 0 Å². The average molecular weight is 246 g/mol. The van der Waals surface area contributed by atoms with Crippen LogP contribution in [0.25, 0.3) is 0 Å². The summed E-state index contributed by atoms with van der Waals surface area (Å²) in [7, 11) is 0. The molecule has 0 amide bonds. The number of hydrogen-bond donors (Lipinski definition) is 2. The lowest BCUT2D eigenvalue weighted by Crippen LogP contribution is -2.34. The van der Waals surface area contributed by atoms with Crippen LogP contribution in [0, 0.1) is 0 Å². The molecule has 2 heterocycles. The Morgan fingerprint density at radius 2 is 2.39 bits per heavy atom. The van der Waals surface area contributed by atoms with E-state index < -0.39 is 0 Å². The van der Waals surface area contributed by atoms with Crippen molar-refractivity contribution in [2.24, 2.45) is 10.7 Å². The minimum atomic E-state index is 0.605. The highest BCUT2D eigenvalue weighted by Gasteiger charge is 2.21. The first-order valence-electron chi connectivity index (χ1n) is 6.40. The van der Waals surface area contributed by atoms with Crippen LogP contribution in [0.4, 0.5) is 11.4 Å². The number of aryl methyl sites for hydroxylation is 1. The molecule has 3 rings (SSSR count). The number of fused-ring (bicyclic) bond motifs is 1. The zero-order chi connectivity index (χ0) is 12.5. The van der Waals surface area contributed by atoms with Crippen LogP contribution in [0.3, 0.4) is 0 Å². The molecule has 2 aliphatic heterocycles. The number of aliphatic imine (C=N–C) groups is 1. The maximum Gasteiger partial charge on any atom is 0.195 e. The Morgan fingerprint density at radius 3 is 3.11 bits per heavy atom. The Balaban J connectivity index is 2.04. The van der Waals surface area contributed by atoms with Crippen molar-refractivity contribution in [3.63, 3.8) is 0 Å². The zero-order valence-corrected chi connectivity index (χ0v) is 10.6. The minimum absolute atomic E-state index is 0.605. The fraction of sp³-hybridized carbons (Fsp3) is 0.462. The molecule has 1 aromatic rings. The average Bonchev–Trinajstić information content (AvgIpc) is 2.83. The standard InChI is InChI=1S/C13H18N4O/c1-2-9-7-10-12(18-6-4-15-10)8-11(9)17-5-3-16-13(17)14/h7-8,15H,2-6H2,1H3,(H2,14,16). The molecule has 0 saturated carbocycles. The highest BCUT2D eigenvalue weighted by molar-refractivity contribution is 5.97. The molecule has 0 radical (unpaired) electrons. The molecule has 0 unspecified atom stereocenters. The number of nitrogens with zero attached hydrogens (tertiary/aromatic N) is 2. The van der Waals surface area contributed by atoms with Gasteiger partial charge >= 0.3 is 0 Å². The molecular weight excluding hydrogens is 228 g/mol. The van der Waals surface area contributed by atoms with Crippen molar-refractivity contribution in [2.75, 3.05) is 36.5 Å². The number of hydrogen-bond acceptors (Lipinski definition) is 5. The topological polar surface area (TPSA) is 62.9 Å². The van der Waals surface area contributed by atoms with E-state index in [1.54, 1.807) is 0 Å². The summed E-state index contributed by atoms with van der Waals surface area (Å²) in [6.07, 6.45) is 0.966. The minimum Gasteiger partial charge on any atom is -0.490 e. The number of ether oxygens (including phenoxy) is 1. The zero-order valence-electron chi connectivity index (χ0n) is 10.6. The normalized spacial score (nSPS) is 17.8. The lowest BCUT2D eigenvalue weighted by Gasteiger charge is -2.26. The molecule has 96 valence electrons. The van der Waals surface area contributed by atoms with Crippen molar-refractivity contribution >= 4 is 17.3 Å². The SMILES string of the molecule is CCc1cc2c(cc1N1CCN=C1N)OCCN2. The van der Waals surface area contributed by atoms with Crippen LogP contribution in [0.5, 0.6) is 5.75 Å². The molecular formula is C13H18N4O. The molecule has 0 aliphatic carbocycles. The van der Waals surface area contributed by atoms with Gasteiger partial charge in [0.05, 0.1) is 17.9 Å². The van der Waals surface area contributed by atoms with Crippen molar-refractivity contribution in [3.8, 4) is 5.75 Å². The van der Waals surface area contributed by atoms with Crippen LogP contribution in [0.1, 0.15) is 12.5 Å². The molecule has 0 atom stereocenters. The fourth-order valence-corrected chi connectivity index (χ4v) is 2.46. The van der Waals surface area contributed by atoms with Crippen LogP contribution >= 0.6 is 0 Å². The number of rotatable bonds is 2. The van der Waals surface area contributed by atoms with Crippen LogP contribution in [-0.2, 0) is 6.42 Å². The molecule has 3 N–H and O–H groups in total. The van der Waals surface area contributed by atoms with E-state index in [1.807, 2.05) is 0 Å². The number of guanidine groups is 1. The number of anilines is 2. The van der Waals surface area contributed by atoms with Gasteiger partial charge in [-0.25, -0.2) is 0 Å². The van der Waals surface area contributed by atoms with Gasteiger partial charge in [0.1, 0.15) is 12.4 Å². The molecule has 0 spiro atoms. The van der Waals surface area contributed by atoms with E-state index in [0.717, 1.165) is 43.2 Å². The second kappa shape index (κ2) is 4.40. The Labute approximate surface area is 107 Å². The summed E-state index contributed by atoms with van der Waals surface area (Å²) in [5, 5.41) is 3.36. The van der Waals surface area contributed by atoms with Gasteiger partial charge in [0.2, 0.25) is 0 Å². The molecule has 5 heteroatoms. The van der Waals surface area contributed by atoms with Crippen LogP contribution in [-0.4, -0.2) is 32.2 Å². The van der Waals surface area contributed by atoms with E-state index in [0.29, 0.717) is 12.6 Å². The van der Waals surface area contributed by atoms with Gasteiger partial charge < -0.3 is 20.7 Å². The summed E-state index contributed by atoms with van der Waals surface area (Å²) >= 11 is 0. The molecule has 0 aromatic heterocycles. The van der Waals surface area contributed by atoms with E-state index in [-0.39, 0.29) is 0 Å². The first-order chi connectivity index (χ1) is 8.79. The van der Waals surface area contributed by atoms with Crippen molar-refractivity contribution in [1.29, 1.82) is 0 Å². The number of nitrogens with one attached hydrogen (secondary N) is 1. The molecule has 1 aromatic carbocycles. The van der Waals surface area contributed by atoms with Crippen LogP contribution < -0.4 is 20.7 Å². The van der Waals surface area contributed by atoms with Gasteiger partial charge in [-0.2, -0.15) is 0 Å². The summed E-state index contributed by atoms with van der Waals surface area (Å²) < 4.78 is 5.69. The van der Waals surface area contributed by atoms with Gasteiger partial charge in [-0.15, -0.1) is 0 Å². The summed E-state index contributed by atoms with van der Waals surface area (Å²) in [4.78, 5) is 6.31. The smallest absolute Gasteiger partial charge is 0.195 e. The van der Waals surface area contributed by atoms with Crippen molar-refractivity contribution in [3.05, 3.63) is 17.7 Å². The van der Waals surface area contributed by atoms with Gasteiger partial charge in [-0.3, -0.25) is 4.99 Å². The molecule has 0 saturated heterocycles. The molecule has 18 heavy (non-hydrogen) atoms. The first kappa shape index (κ1) is 11.2. The van der Waals surface area contributed by atoms with Crippen LogP contribution in [0.2, 0.25) is 0 Å². The third-order valence-electron chi connectivity index (χ3n) is 3.40. The second-order valence-electron chi connectivity index (χ2n) is 4.50. The highest BCUT2D eigenvalue weighted by Crippen LogP contribution is 2.36. The van der Waals surface area contributed by atoms with Gasteiger partial charge in [0.15, 0.2) is 5.96 Å². The molecule has 0 fully saturated rings. The third-order valence-corrected chi connectivity index (χ3v) is 3.40. The van der Waals surface area contributed by atoms with E-state index in [4.69, 9.17) is 10.5 Å². The Morgan fingerprint density at radius 1 is 1.50 bits per heavy atom. The first-order valence-corrected chi connectivity index (χ1v) is 6.40. The van der Waals surface area contributed by atoms with Gasteiger partial charge in [0, 0.05) is 19.2 Å². The predicted molar refractivity (Wildman–Crippen MR) is 73.6 cm³/mol. The van der Waals surface area contributed by atoms with Gasteiger partial charge in [-0.1, -0.05) is 6.92 Å².